The smallest absolute Gasteiger partial charge is 0.335 e. The number of hydrogen-bond donors (Lipinski definition) is 4. The summed E-state index contributed by atoms with van der Waals surface area (Å²) in [5, 5.41) is 11.1. The summed E-state index contributed by atoms with van der Waals surface area (Å²) in [7, 11) is 0. The molecule has 0 radical (unpaired) electrons. The maximum atomic E-state index is 13.1. The molecule has 2 atom stereocenters. The van der Waals surface area contributed by atoms with Crippen molar-refractivity contribution in [1.82, 2.24) is 14.9 Å². The number of carbonyl (C=O) groups excluding carboxylic acids is 2. The number of halogens is 1. The van der Waals surface area contributed by atoms with Crippen LogP contribution in [0.4, 0.5) is 4.39 Å². The summed E-state index contributed by atoms with van der Waals surface area (Å²) in [5.74, 6) is -4.40. The number of nitrogens with zero attached hydrogens (tertiary/aromatic N) is 1. The van der Waals surface area contributed by atoms with E-state index in [1.807, 2.05) is 0 Å². The van der Waals surface area contributed by atoms with Gasteiger partial charge in [-0.05, 0) is 13.3 Å². The molecule has 1 aromatic heterocycles. The van der Waals surface area contributed by atoms with E-state index in [4.69, 9.17) is 10.8 Å². The van der Waals surface area contributed by atoms with Crippen LogP contribution in [0.15, 0.2) is 15.8 Å². The third-order valence-corrected chi connectivity index (χ3v) is 2.84. The van der Waals surface area contributed by atoms with Crippen LogP contribution in [0.3, 0.4) is 0 Å². The van der Waals surface area contributed by atoms with Gasteiger partial charge in [-0.1, -0.05) is 0 Å². The third-order valence-electron chi connectivity index (χ3n) is 2.84. The second-order valence-corrected chi connectivity index (χ2v) is 4.73. The molecule has 0 saturated heterocycles. The number of carbonyl (C=O) groups is 3. The molecule has 1 aromatic rings. The van der Waals surface area contributed by atoms with Crippen molar-refractivity contribution in [2.24, 2.45) is 5.73 Å². The normalized spacial score (nSPS) is 13.2. The molecule has 0 aliphatic rings. The Bertz CT molecular complexity index is 738. The van der Waals surface area contributed by atoms with Crippen molar-refractivity contribution in [3.8, 4) is 0 Å². The van der Waals surface area contributed by atoms with Gasteiger partial charge in [0.2, 0.25) is 17.6 Å². The van der Waals surface area contributed by atoms with E-state index in [9.17, 15) is 28.4 Å². The second kappa shape index (κ2) is 7.45. The summed E-state index contributed by atoms with van der Waals surface area (Å²) in [4.78, 5) is 58.1. The minimum Gasteiger partial charge on any atom is -0.480 e. The lowest BCUT2D eigenvalue weighted by molar-refractivity contribution is -0.142. The first-order chi connectivity index (χ1) is 10.6. The van der Waals surface area contributed by atoms with E-state index in [1.165, 1.54) is 6.92 Å². The van der Waals surface area contributed by atoms with E-state index >= 15 is 0 Å². The average molecular weight is 330 g/mol. The fourth-order valence-corrected chi connectivity index (χ4v) is 1.58. The molecular weight excluding hydrogens is 315 g/mol. The fourth-order valence-electron chi connectivity index (χ4n) is 1.58. The highest BCUT2D eigenvalue weighted by Gasteiger charge is 2.23. The van der Waals surface area contributed by atoms with Crippen LogP contribution in [0.2, 0.25) is 0 Å². The van der Waals surface area contributed by atoms with Crippen molar-refractivity contribution >= 4 is 17.8 Å². The van der Waals surface area contributed by atoms with Gasteiger partial charge in [0.15, 0.2) is 0 Å². The second-order valence-electron chi connectivity index (χ2n) is 4.73. The van der Waals surface area contributed by atoms with Crippen LogP contribution in [-0.2, 0) is 9.59 Å². The molecule has 1 heterocycles. The number of aromatic nitrogens is 2. The van der Waals surface area contributed by atoms with Crippen LogP contribution >= 0.6 is 0 Å². The minimum absolute atomic E-state index is 0.322. The van der Waals surface area contributed by atoms with Crippen LogP contribution in [0.1, 0.15) is 24.6 Å². The molecule has 0 aromatic carbocycles. The molecule has 23 heavy (non-hydrogen) atoms. The number of carboxylic acid groups (broad SMARTS) is 1. The Labute approximate surface area is 128 Å². The Kier molecular flexibility index (Phi) is 5.90. The fraction of sp³-hybridized carbons (Fsp3) is 0.417. The van der Waals surface area contributed by atoms with E-state index in [-0.39, 0.29) is 6.42 Å². The number of carboxylic acids is 1. The Balaban J connectivity index is 2.82. The van der Waals surface area contributed by atoms with E-state index in [0.29, 0.717) is 10.8 Å². The zero-order valence-electron chi connectivity index (χ0n) is 12.0. The van der Waals surface area contributed by atoms with Gasteiger partial charge in [0.05, 0.1) is 12.2 Å². The van der Waals surface area contributed by atoms with Gasteiger partial charge >= 0.3 is 11.7 Å². The Morgan fingerprint density at radius 2 is 2.04 bits per heavy atom. The molecule has 0 bridgehead atoms. The minimum atomic E-state index is -1.40. The Morgan fingerprint density at radius 3 is 2.57 bits per heavy atom. The molecule has 1 amide bonds. The predicted molar refractivity (Wildman–Crippen MR) is 74.4 cm³/mol. The number of amides is 1. The first-order valence-corrected chi connectivity index (χ1v) is 6.47. The summed E-state index contributed by atoms with van der Waals surface area (Å²) in [6, 6.07) is -2.34. The molecule has 2 unspecified atom stereocenters. The number of H-pyrrole nitrogens is 1. The summed E-state index contributed by atoms with van der Waals surface area (Å²) in [6.07, 6.45) is -0.415. The summed E-state index contributed by atoms with van der Waals surface area (Å²) < 4.78 is 13.4. The highest BCUT2D eigenvalue weighted by Crippen LogP contribution is 2.01. The number of aliphatic carboxylic acids is 1. The zero-order valence-corrected chi connectivity index (χ0v) is 12.0. The Hall–Kier alpha value is -2.82. The molecule has 5 N–H and O–H groups in total. The van der Waals surface area contributed by atoms with Crippen molar-refractivity contribution in [3.05, 3.63) is 32.9 Å². The summed E-state index contributed by atoms with van der Waals surface area (Å²) >= 11 is 0. The van der Waals surface area contributed by atoms with Crippen molar-refractivity contribution in [1.29, 1.82) is 0 Å². The first-order valence-electron chi connectivity index (χ1n) is 6.47. The molecule has 11 heteroatoms. The maximum Gasteiger partial charge on any atom is 0.335 e. The van der Waals surface area contributed by atoms with Gasteiger partial charge in [0.1, 0.15) is 6.04 Å². The predicted octanol–water partition coefficient (Wildman–Crippen LogP) is -1.99. The van der Waals surface area contributed by atoms with Crippen molar-refractivity contribution < 1.29 is 23.9 Å². The molecule has 0 fully saturated rings. The largest absolute Gasteiger partial charge is 0.480 e. The number of hydrogen-bond acceptors (Lipinski definition) is 6. The lowest BCUT2D eigenvalue weighted by Gasteiger charge is -2.15. The van der Waals surface area contributed by atoms with Gasteiger partial charge < -0.3 is 16.2 Å². The number of nitrogens with one attached hydrogen (secondary N) is 2. The van der Waals surface area contributed by atoms with Gasteiger partial charge in [-0.15, -0.1) is 0 Å². The SMILES string of the molecule is CC(N)C(=O)NC(CCC(=O)n1cc(F)c(=O)[nH]c1=O)C(=O)O. The molecule has 0 saturated carbocycles. The highest BCUT2D eigenvalue weighted by molar-refractivity contribution is 5.87. The number of aromatic amines is 1. The van der Waals surface area contributed by atoms with Crippen LogP contribution in [0.5, 0.6) is 0 Å². The molecule has 126 valence electrons. The van der Waals surface area contributed by atoms with E-state index < -0.39 is 53.4 Å². The number of rotatable bonds is 6. The molecule has 0 aliphatic carbocycles. The topological polar surface area (TPSA) is 164 Å². The van der Waals surface area contributed by atoms with E-state index in [0.717, 1.165) is 0 Å². The quantitative estimate of drug-likeness (QED) is 0.469. The third kappa shape index (κ3) is 4.85. The van der Waals surface area contributed by atoms with Gasteiger partial charge in [0, 0.05) is 6.42 Å². The Morgan fingerprint density at radius 1 is 1.43 bits per heavy atom. The standard InChI is InChI=1S/C12H15FN4O6/c1-5(14)9(19)15-7(11(21)22)2-3-8(18)17-4-6(13)10(20)16-12(17)23/h4-5,7H,2-3,14H2,1H3,(H,15,19)(H,21,22)(H,16,20,23). The van der Waals surface area contributed by atoms with E-state index in [1.54, 1.807) is 4.98 Å². The van der Waals surface area contributed by atoms with Gasteiger partial charge in [-0.2, -0.15) is 4.39 Å². The van der Waals surface area contributed by atoms with Crippen LogP contribution in [0.25, 0.3) is 0 Å². The maximum absolute atomic E-state index is 13.1. The lowest BCUT2D eigenvalue weighted by atomic mass is 10.1. The molecule has 10 nitrogen and oxygen atoms in total. The summed E-state index contributed by atoms with van der Waals surface area (Å²) in [6.45, 7) is 1.35. The van der Waals surface area contributed by atoms with Crippen molar-refractivity contribution in [2.45, 2.75) is 31.8 Å². The molecule has 0 spiro atoms. The first kappa shape index (κ1) is 18.2. The van der Waals surface area contributed by atoms with E-state index in [2.05, 4.69) is 5.32 Å². The zero-order chi connectivity index (χ0) is 17.7. The highest BCUT2D eigenvalue weighted by atomic mass is 19.1. The van der Waals surface area contributed by atoms with Crippen LogP contribution in [-0.4, -0.2) is 44.5 Å². The molecular formula is C12H15FN4O6. The molecule has 1 rings (SSSR count). The van der Waals surface area contributed by atoms with Gasteiger partial charge in [0.25, 0.3) is 5.56 Å². The van der Waals surface area contributed by atoms with Crippen molar-refractivity contribution in [2.75, 3.05) is 0 Å². The van der Waals surface area contributed by atoms with Gasteiger partial charge in [-0.25, -0.2) is 14.2 Å². The number of nitrogens with two attached hydrogens (primary N) is 1. The summed E-state index contributed by atoms with van der Waals surface area (Å²) in [5.41, 5.74) is 2.87. The van der Waals surface area contributed by atoms with Gasteiger partial charge in [-0.3, -0.25) is 19.4 Å². The van der Waals surface area contributed by atoms with Crippen LogP contribution in [0, 0.1) is 5.82 Å². The van der Waals surface area contributed by atoms with Crippen LogP contribution < -0.4 is 22.3 Å². The lowest BCUT2D eigenvalue weighted by Crippen LogP contribution is -2.47. The monoisotopic (exact) mass is 330 g/mol. The average Bonchev–Trinajstić information content (AvgIpc) is 2.46. The van der Waals surface area contributed by atoms with Crippen molar-refractivity contribution in [3.63, 3.8) is 0 Å². The molecule has 0 aliphatic heterocycles.